The number of ether oxygens (including phenoxy) is 1. The fourth-order valence-electron chi connectivity index (χ4n) is 4.90. The molecule has 1 unspecified atom stereocenters. The predicted molar refractivity (Wildman–Crippen MR) is 132 cm³/mol. The lowest BCUT2D eigenvalue weighted by molar-refractivity contribution is -0.140. The van der Waals surface area contributed by atoms with Crippen molar-refractivity contribution in [3.63, 3.8) is 0 Å². The lowest BCUT2D eigenvalue weighted by Crippen LogP contribution is -2.56. The maximum atomic E-state index is 13.6. The van der Waals surface area contributed by atoms with Gasteiger partial charge in [0, 0.05) is 6.54 Å². The number of nitrogens with one attached hydrogen (secondary N) is 2. The number of aliphatic hydroxyl groups excluding tert-OH is 1. The molecule has 2 aliphatic rings. The van der Waals surface area contributed by atoms with Gasteiger partial charge in [-0.3, -0.25) is 9.59 Å². The van der Waals surface area contributed by atoms with Crippen molar-refractivity contribution in [1.82, 2.24) is 15.5 Å². The van der Waals surface area contributed by atoms with Gasteiger partial charge in [0.05, 0.1) is 12.1 Å². The number of nitriles is 1. The average Bonchev–Trinajstić information content (AvgIpc) is 3.17. The first-order valence-corrected chi connectivity index (χ1v) is 13.2. The average molecular weight is 493 g/mol. The zero-order valence-electron chi connectivity index (χ0n) is 21.8. The Morgan fingerprint density at radius 3 is 2.26 bits per heavy atom. The van der Waals surface area contributed by atoms with Gasteiger partial charge >= 0.3 is 6.09 Å². The molecule has 0 saturated carbocycles. The van der Waals surface area contributed by atoms with Gasteiger partial charge in [0.1, 0.15) is 17.7 Å². The van der Waals surface area contributed by atoms with Gasteiger partial charge in [0.2, 0.25) is 11.8 Å². The van der Waals surface area contributed by atoms with Crippen molar-refractivity contribution < 1.29 is 24.2 Å². The third-order valence-corrected chi connectivity index (χ3v) is 6.68. The molecule has 0 aromatic carbocycles. The van der Waals surface area contributed by atoms with Gasteiger partial charge < -0.3 is 25.4 Å². The number of hydrogen-bond donors (Lipinski definition) is 3. The van der Waals surface area contributed by atoms with E-state index in [0.717, 1.165) is 51.4 Å². The van der Waals surface area contributed by atoms with Gasteiger partial charge in [-0.15, -0.1) is 0 Å². The number of carbonyl (C=O) groups excluding carboxylic acids is 3. The Balaban J connectivity index is 2.24. The molecule has 0 aromatic rings. The van der Waals surface area contributed by atoms with Crippen LogP contribution in [0.25, 0.3) is 0 Å². The number of aliphatic hydroxyl groups is 1. The number of nitrogens with zero attached hydrogens (tertiary/aromatic N) is 2. The number of alkyl carbamates (subject to hydrolysis) is 1. The normalized spacial score (nSPS) is 28.7. The summed E-state index contributed by atoms with van der Waals surface area (Å²) in [6.45, 7) is 7.70. The molecule has 2 heterocycles. The van der Waals surface area contributed by atoms with Gasteiger partial charge in [-0.05, 0) is 46.0 Å². The van der Waals surface area contributed by atoms with Crippen LogP contribution in [-0.4, -0.2) is 64.3 Å². The minimum absolute atomic E-state index is 0.113. The Morgan fingerprint density at radius 1 is 1.11 bits per heavy atom. The first-order valence-electron chi connectivity index (χ1n) is 13.2. The highest BCUT2D eigenvalue weighted by Crippen LogP contribution is 2.26. The molecular weight excluding hydrogens is 448 g/mol. The van der Waals surface area contributed by atoms with E-state index in [0.29, 0.717) is 25.8 Å². The van der Waals surface area contributed by atoms with Gasteiger partial charge in [-0.25, -0.2) is 4.79 Å². The molecule has 0 aromatic heterocycles. The quantitative estimate of drug-likeness (QED) is 0.506. The van der Waals surface area contributed by atoms with Crippen molar-refractivity contribution >= 4 is 17.9 Å². The lowest BCUT2D eigenvalue weighted by Gasteiger charge is -2.30. The second-order valence-corrected chi connectivity index (χ2v) is 11.1. The Morgan fingerprint density at radius 2 is 1.69 bits per heavy atom. The summed E-state index contributed by atoms with van der Waals surface area (Å²) in [7, 11) is 0. The van der Waals surface area contributed by atoms with E-state index in [4.69, 9.17) is 4.74 Å². The summed E-state index contributed by atoms with van der Waals surface area (Å²) in [6, 6.07) is -0.315. The molecule has 0 radical (unpaired) electrons. The summed E-state index contributed by atoms with van der Waals surface area (Å²) in [5.41, 5.74) is -0.689. The van der Waals surface area contributed by atoms with E-state index in [1.165, 1.54) is 0 Å². The molecule has 35 heavy (non-hydrogen) atoms. The summed E-state index contributed by atoms with van der Waals surface area (Å²) in [5, 5.41) is 25.0. The second kappa shape index (κ2) is 13.7. The summed E-state index contributed by atoms with van der Waals surface area (Å²) < 4.78 is 5.39. The largest absolute Gasteiger partial charge is 0.444 e. The van der Waals surface area contributed by atoms with Crippen LogP contribution in [0, 0.1) is 17.2 Å². The van der Waals surface area contributed by atoms with E-state index in [1.807, 2.05) is 13.0 Å². The Bertz CT molecular complexity index is 760. The molecule has 2 saturated heterocycles. The maximum Gasteiger partial charge on any atom is 0.408 e. The van der Waals surface area contributed by atoms with Crippen molar-refractivity contribution in [3.8, 4) is 6.07 Å². The minimum atomic E-state index is -1.30. The summed E-state index contributed by atoms with van der Waals surface area (Å²) in [5.74, 6) is -0.536. The van der Waals surface area contributed by atoms with Crippen LogP contribution in [-0.2, 0) is 14.3 Å². The highest BCUT2D eigenvalue weighted by molar-refractivity contribution is 5.92. The van der Waals surface area contributed by atoms with Gasteiger partial charge in [-0.1, -0.05) is 58.3 Å². The molecule has 9 nitrogen and oxygen atoms in total. The first kappa shape index (κ1) is 28.9. The van der Waals surface area contributed by atoms with Crippen LogP contribution in [0.4, 0.5) is 4.79 Å². The van der Waals surface area contributed by atoms with E-state index >= 15 is 0 Å². The highest BCUT2D eigenvalue weighted by atomic mass is 16.6. The van der Waals surface area contributed by atoms with Crippen LogP contribution in [0.3, 0.4) is 0 Å². The van der Waals surface area contributed by atoms with Crippen molar-refractivity contribution in [2.24, 2.45) is 5.92 Å². The molecule has 198 valence electrons. The molecule has 5 atom stereocenters. The third kappa shape index (κ3) is 9.67. The van der Waals surface area contributed by atoms with E-state index in [-0.39, 0.29) is 17.7 Å². The topological polar surface area (TPSA) is 132 Å². The summed E-state index contributed by atoms with van der Waals surface area (Å²) in [6.07, 6.45) is 7.43. The zero-order valence-corrected chi connectivity index (χ0v) is 21.8. The molecule has 0 spiro atoms. The molecule has 9 heteroatoms. The summed E-state index contributed by atoms with van der Waals surface area (Å²) in [4.78, 5) is 40.9. The molecule has 0 aliphatic carbocycles. The second-order valence-electron chi connectivity index (χ2n) is 11.1. The van der Waals surface area contributed by atoms with Crippen LogP contribution in [0.1, 0.15) is 98.3 Å². The van der Waals surface area contributed by atoms with E-state index in [1.54, 1.807) is 25.7 Å². The monoisotopic (exact) mass is 492 g/mol. The molecule has 2 rings (SSSR count). The number of carbonyl (C=O) groups is 3. The third-order valence-electron chi connectivity index (χ3n) is 6.68. The van der Waals surface area contributed by atoms with E-state index < -0.39 is 35.9 Å². The first-order chi connectivity index (χ1) is 16.5. The van der Waals surface area contributed by atoms with Crippen molar-refractivity contribution in [2.45, 2.75) is 128 Å². The zero-order chi connectivity index (χ0) is 26.0. The molecule has 3 amide bonds. The van der Waals surface area contributed by atoms with E-state index in [2.05, 4.69) is 10.6 Å². The van der Waals surface area contributed by atoms with Crippen molar-refractivity contribution in [3.05, 3.63) is 0 Å². The molecule has 3 N–H and O–H groups in total. The maximum absolute atomic E-state index is 13.6. The molecular formula is C26H44N4O5. The fraction of sp³-hybridized carbons (Fsp3) is 0.846. The van der Waals surface area contributed by atoms with Gasteiger partial charge in [0.25, 0.3) is 0 Å². The Kier molecular flexibility index (Phi) is 11.3. The lowest BCUT2D eigenvalue weighted by atomic mass is 10.0. The molecule has 2 fully saturated rings. The molecule has 2 aliphatic heterocycles. The predicted octanol–water partition coefficient (Wildman–Crippen LogP) is 3.40. The Labute approximate surface area is 209 Å². The van der Waals surface area contributed by atoms with Crippen LogP contribution in [0.15, 0.2) is 0 Å². The van der Waals surface area contributed by atoms with Crippen LogP contribution in [0.5, 0.6) is 0 Å². The number of amides is 3. The minimum Gasteiger partial charge on any atom is -0.444 e. The van der Waals surface area contributed by atoms with Crippen molar-refractivity contribution in [2.75, 3.05) is 6.54 Å². The van der Waals surface area contributed by atoms with E-state index in [9.17, 15) is 24.8 Å². The SMILES string of the molecule is C[C@@H]1C[C@H]2C(=O)N[C@H](C(O)C#N)CCCCCCCCCC[C@H](NC(=O)OC(C)(C)C)C(=O)N2C1. The number of rotatable bonds is 2. The van der Waals surface area contributed by atoms with Crippen molar-refractivity contribution in [1.29, 1.82) is 5.26 Å². The van der Waals surface area contributed by atoms with Gasteiger partial charge in [0.15, 0.2) is 6.10 Å². The fourth-order valence-corrected chi connectivity index (χ4v) is 4.90. The number of fused-ring (bicyclic) bond motifs is 1. The van der Waals surface area contributed by atoms with Crippen LogP contribution >= 0.6 is 0 Å². The molecule has 0 bridgehead atoms. The van der Waals surface area contributed by atoms with Gasteiger partial charge in [-0.2, -0.15) is 5.26 Å². The smallest absolute Gasteiger partial charge is 0.408 e. The highest BCUT2D eigenvalue weighted by Gasteiger charge is 2.41. The Hall–Kier alpha value is -2.34. The van der Waals surface area contributed by atoms with Crippen LogP contribution < -0.4 is 10.6 Å². The van der Waals surface area contributed by atoms with Crippen LogP contribution in [0.2, 0.25) is 0 Å². The number of hydrogen-bond acceptors (Lipinski definition) is 6. The summed E-state index contributed by atoms with van der Waals surface area (Å²) >= 11 is 0. The standard InChI is InChI=1S/C26H44N4O5/c1-18-15-21-23(32)28-19(22(31)16-27)13-11-9-7-5-6-8-10-12-14-20(24(33)30(21)17-18)29-25(34)35-26(2,3)4/h18-22,31H,5-15,17H2,1-4H3,(H,28,32)(H,29,34)/t18-,19+,20+,21+,22?/m1/s1.